The number of pyridine rings is 1. The van der Waals surface area contributed by atoms with E-state index in [-0.39, 0.29) is 17.4 Å². The van der Waals surface area contributed by atoms with Crippen molar-refractivity contribution in [2.75, 3.05) is 19.6 Å². The number of piperidine rings is 1. The molecule has 0 spiro atoms. The summed E-state index contributed by atoms with van der Waals surface area (Å²) in [4.78, 5) is 38.7. The molecule has 146 valence electrons. The van der Waals surface area contributed by atoms with E-state index < -0.39 is 5.82 Å². The minimum absolute atomic E-state index is 0.174. The van der Waals surface area contributed by atoms with E-state index in [1.165, 1.54) is 12.3 Å². The highest BCUT2D eigenvalue weighted by Crippen LogP contribution is 2.37. The Labute approximate surface area is 162 Å². The second kappa shape index (κ2) is 8.00. The smallest absolute Gasteiger partial charge is 0.255 e. The van der Waals surface area contributed by atoms with Gasteiger partial charge in [0, 0.05) is 44.1 Å². The molecule has 0 atom stereocenters. The van der Waals surface area contributed by atoms with Crippen molar-refractivity contribution >= 4 is 11.8 Å². The van der Waals surface area contributed by atoms with Crippen LogP contribution in [0.4, 0.5) is 4.39 Å². The van der Waals surface area contributed by atoms with E-state index in [4.69, 9.17) is 0 Å². The van der Waals surface area contributed by atoms with Crippen molar-refractivity contribution in [2.45, 2.75) is 31.6 Å². The Morgan fingerprint density at radius 2 is 1.75 bits per heavy atom. The van der Waals surface area contributed by atoms with Crippen molar-refractivity contribution in [1.29, 1.82) is 0 Å². The number of nitrogens with one attached hydrogen (secondary N) is 1. The molecule has 0 bridgehead atoms. The van der Waals surface area contributed by atoms with Crippen LogP contribution in [0.3, 0.4) is 0 Å². The van der Waals surface area contributed by atoms with E-state index in [9.17, 15) is 14.0 Å². The van der Waals surface area contributed by atoms with Gasteiger partial charge in [-0.3, -0.25) is 14.6 Å². The van der Waals surface area contributed by atoms with E-state index in [0.717, 1.165) is 37.7 Å². The average Bonchev–Trinajstić information content (AvgIpc) is 3.57. The number of rotatable bonds is 5. The molecule has 3 heterocycles. The highest BCUT2D eigenvalue weighted by Gasteiger charge is 2.27. The lowest BCUT2D eigenvalue weighted by atomic mass is 9.96. The van der Waals surface area contributed by atoms with Crippen LogP contribution >= 0.6 is 0 Å². The number of carbonyl (C=O) groups excluding carboxylic acids is 2. The third-order valence-electron chi connectivity index (χ3n) is 5.28. The van der Waals surface area contributed by atoms with Crippen LogP contribution in [-0.2, 0) is 0 Å². The van der Waals surface area contributed by atoms with Crippen LogP contribution in [0.15, 0.2) is 30.9 Å². The molecule has 1 aliphatic heterocycles. The molecule has 1 saturated carbocycles. The number of hydrogen-bond acceptors (Lipinski definition) is 5. The van der Waals surface area contributed by atoms with Crippen LogP contribution < -0.4 is 5.32 Å². The normalized spacial score (nSPS) is 17.4. The first kappa shape index (κ1) is 18.5. The predicted molar refractivity (Wildman–Crippen MR) is 99.2 cm³/mol. The molecule has 7 nitrogen and oxygen atoms in total. The van der Waals surface area contributed by atoms with E-state index in [1.54, 1.807) is 17.3 Å². The molecular weight excluding hydrogens is 361 g/mol. The molecule has 0 unspecified atom stereocenters. The van der Waals surface area contributed by atoms with E-state index in [1.807, 2.05) is 0 Å². The first-order valence-electron chi connectivity index (χ1n) is 9.60. The van der Waals surface area contributed by atoms with Gasteiger partial charge < -0.3 is 10.2 Å². The Bertz CT molecular complexity index is 861. The highest BCUT2D eigenvalue weighted by molar-refractivity contribution is 5.94. The summed E-state index contributed by atoms with van der Waals surface area (Å²) in [5.41, 5.74) is 0.733. The van der Waals surface area contributed by atoms with Gasteiger partial charge in [-0.25, -0.2) is 14.4 Å². The van der Waals surface area contributed by atoms with Crippen molar-refractivity contribution in [3.63, 3.8) is 0 Å². The Morgan fingerprint density at radius 3 is 2.39 bits per heavy atom. The number of hydrogen-bond donors (Lipinski definition) is 1. The molecule has 1 N–H and O–H groups in total. The second-order valence-corrected chi connectivity index (χ2v) is 7.44. The molecule has 2 aliphatic rings. The minimum Gasteiger partial charge on any atom is -0.352 e. The Balaban J connectivity index is 1.24. The fraction of sp³-hybridized carbons (Fsp3) is 0.450. The number of aromatic nitrogens is 3. The number of halogens is 1. The van der Waals surface area contributed by atoms with Gasteiger partial charge in [0.25, 0.3) is 11.8 Å². The van der Waals surface area contributed by atoms with E-state index >= 15 is 0 Å². The van der Waals surface area contributed by atoms with Gasteiger partial charge in [0.05, 0.1) is 17.3 Å². The topological polar surface area (TPSA) is 88.1 Å². The van der Waals surface area contributed by atoms with Crippen LogP contribution in [0.25, 0.3) is 0 Å². The van der Waals surface area contributed by atoms with Crippen molar-refractivity contribution in [3.8, 4) is 0 Å². The van der Waals surface area contributed by atoms with Crippen LogP contribution in [0.2, 0.25) is 0 Å². The van der Waals surface area contributed by atoms with Gasteiger partial charge >= 0.3 is 0 Å². The monoisotopic (exact) mass is 383 g/mol. The third kappa shape index (κ3) is 4.32. The molecule has 0 aromatic carbocycles. The fourth-order valence-corrected chi connectivity index (χ4v) is 3.40. The largest absolute Gasteiger partial charge is 0.352 e. The lowest BCUT2D eigenvalue weighted by Crippen LogP contribution is -2.41. The number of amides is 2. The summed E-state index contributed by atoms with van der Waals surface area (Å²) in [5, 5.41) is 2.93. The first-order valence-corrected chi connectivity index (χ1v) is 9.60. The molecule has 2 fully saturated rings. The number of nitrogens with zero attached hydrogens (tertiary/aromatic N) is 4. The zero-order valence-electron chi connectivity index (χ0n) is 15.5. The zero-order chi connectivity index (χ0) is 19.5. The SMILES string of the molecule is O=C(NCC1CCN(C(=O)c2cncc(F)c2)CC1)c1cnc(C2CC2)nc1. The summed E-state index contributed by atoms with van der Waals surface area (Å²) in [7, 11) is 0. The van der Waals surface area contributed by atoms with Gasteiger partial charge in [-0.1, -0.05) is 0 Å². The van der Waals surface area contributed by atoms with Crippen molar-refractivity contribution in [2.24, 2.45) is 5.92 Å². The maximum absolute atomic E-state index is 13.3. The molecule has 28 heavy (non-hydrogen) atoms. The Morgan fingerprint density at radius 1 is 1.04 bits per heavy atom. The lowest BCUT2D eigenvalue weighted by molar-refractivity contribution is 0.0683. The third-order valence-corrected chi connectivity index (χ3v) is 5.28. The van der Waals surface area contributed by atoms with E-state index in [0.29, 0.717) is 37.0 Å². The standard InChI is InChI=1S/C20H22FN5O2/c21-17-7-15(9-22-12-17)20(28)26-5-3-13(4-6-26)8-25-19(27)16-10-23-18(24-11-16)14-1-2-14/h7,9-14H,1-6,8H2,(H,25,27). The summed E-state index contributed by atoms with van der Waals surface area (Å²) >= 11 is 0. The summed E-state index contributed by atoms with van der Waals surface area (Å²) in [6.07, 6.45) is 9.46. The fourth-order valence-electron chi connectivity index (χ4n) is 3.40. The second-order valence-electron chi connectivity index (χ2n) is 7.44. The number of likely N-dealkylation sites (tertiary alicyclic amines) is 1. The van der Waals surface area contributed by atoms with Crippen LogP contribution in [0, 0.1) is 11.7 Å². The van der Waals surface area contributed by atoms with Gasteiger partial charge in [0.1, 0.15) is 11.6 Å². The van der Waals surface area contributed by atoms with E-state index in [2.05, 4.69) is 20.3 Å². The summed E-state index contributed by atoms with van der Waals surface area (Å²) in [6.45, 7) is 1.71. The minimum atomic E-state index is -0.516. The number of carbonyl (C=O) groups is 2. The molecule has 0 radical (unpaired) electrons. The quantitative estimate of drug-likeness (QED) is 0.855. The maximum atomic E-state index is 13.3. The van der Waals surface area contributed by atoms with Crippen LogP contribution in [0.1, 0.15) is 58.1 Å². The zero-order valence-corrected chi connectivity index (χ0v) is 15.5. The van der Waals surface area contributed by atoms with Crippen molar-refractivity contribution in [3.05, 3.63) is 53.6 Å². The van der Waals surface area contributed by atoms with Crippen LogP contribution in [-0.4, -0.2) is 51.3 Å². The van der Waals surface area contributed by atoms with Gasteiger partial charge in [-0.05, 0) is 37.7 Å². The first-order chi connectivity index (χ1) is 13.6. The molecule has 1 saturated heterocycles. The molecule has 2 aromatic heterocycles. The Kier molecular flexibility index (Phi) is 5.27. The highest BCUT2D eigenvalue weighted by atomic mass is 19.1. The van der Waals surface area contributed by atoms with Gasteiger partial charge in [-0.15, -0.1) is 0 Å². The predicted octanol–water partition coefficient (Wildman–Crippen LogP) is 2.17. The molecular formula is C20H22FN5O2. The molecule has 2 amide bonds. The average molecular weight is 383 g/mol. The molecule has 4 rings (SSSR count). The van der Waals surface area contributed by atoms with Crippen molar-refractivity contribution < 1.29 is 14.0 Å². The van der Waals surface area contributed by atoms with Crippen LogP contribution in [0.5, 0.6) is 0 Å². The molecule has 8 heteroatoms. The summed E-state index contributed by atoms with van der Waals surface area (Å²) in [5.74, 6) is 0.687. The van der Waals surface area contributed by atoms with Gasteiger partial charge in [0.2, 0.25) is 0 Å². The van der Waals surface area contributed by atoms with Gasteiger partial charge in [-0.2, -0.15) is 0 Å². The van der Waals surface area contributed by atoms with Gasteiger partial charge in [0.15, 0.2) is 0 Å². The Hall–Kier alpha value is -2.90. The lowest BCUT2D eigenvalue weighted by Gasteiger charge is -2.32. The molecule has 2 aromatic rings. The van der Waals surface area contributed by atoms with Crippen molar-refractivity contribution in [1.82, 2.24) is 25.2 Å². The molecule has 1 aliphatic carbocycles. The maximum Gasteiger partial charge on any atom is 0.255 e. The summed E-state index contributed by atoms with van der Waals surface area (Å²) in [6, 6.07) is 1.21. The summed E-state index contributed by atoms with van der Waals surface area (Å²) < 4.78 is 13.3.